The van der Waals surface area contributed by atoms with Gasteiger partial charge in [0.2, 0.25) is 0 Å². The van der Waals surface area contributed by atoms with E-state index in [-0.39, 0.29) is 0 Å². The number of benzene rings is 1. The standard InChI is InChI=1S/C12H10N4S/c1-17-11-4-2-10(3-5-11)15-12-9(8-13)6-7-14-16-12/h2-7H,1H3,(H,15,16). The Balaban J connectivity index is 2.23. The van der Waals surface area contributed by atoms with Gasteiger partial charge in [-0.25, -0.2) is 0 Å². The molecule has 2 rings (SSSR count). The summed E-state index contributed by atoms with van der Waals surface area (Å²) < 4.78 is 0. The lowest BCUT2D eigenvalue weighted by Crippen LogP contribution is -1.97. The second-order valence-electron chi connectivity index (χ2n) is 3.26. The lowest BCUT2D eigenvalue weighted by atomic mass is 10.3. The molecule has 0 spiro atoms. The summed E-state index contributed by atoms with van der Waals surface area (Å²) in [6.45, 7) is 0. The largest absolute Gasteiger partial charge is 0.338 e. The molecule has 4 nitrogen and oxygen atoms in total. The van der Waals surface area contributed by atoms with Gasteiger partial charge in [-0.05, 0) is 36.6 Å². The second kappa shape index (κ2) is 5.32. The van der Waals surface area contributed by atoms with Gasteiger partial charge in [-0.15, -0.1) is 16.9 Å². The molecule has 0 aliphatic rings. The molecule has 0 unspecified atom stereocenters. The zero-order valence-electron chi connectivity index (χ0n) is 9.21. The van der Waals surface area contributed by atoms with Gasteiger partial charge in [-0.2, -0.15) is 10.4 Å². The van der Waals surface area contributed by atoms with Crippen LogP contribution in [0.25, 0.3) is 0 Å². The number of nitriles is 1. The normalized spacial score (nSPS) is 9.65. The molecule has 0 radical (unpaired) electrons. The third-order valence-electron chi connectivity index (χ3n) is 2.19. The third-order valence-corrected chi connectivity index (χ3v) is 2.94. The number of rotatable bonds is 3. The first-order valence-electron chi connectivity index (χ1n) is 4.96. The molecule has 0 fully saturated rings. The van der Waals surface area contributed by atoms with Gasteiger partial charge in [0, 0.05) is 10.6 Å². The molecule has 1 heterocycles. The predicted molar refractivity (Wildman–Crippen MR) is 68.3 cm³/mol. The minimum absolute atomic E-state index is 0.479. The van der Waals surface area contributed by atoms with Crippen LogP contribution in [-0.2, 0) is 0 Å². The maximum Gasteiger partial charge on any atom is 0.171 e. The van der Waals surface area contributed by atoms with E-state index in [1.54, 1.807) is 17.8 Å². The van der Waals surface area contributed by atoms with Crippen molar-refractivity contribution in [1.82, 2.24) is 10.2 Å². The van der Waals surface area contributed by atoms with Crippen molar-refractivity contribution >= 4 is 23.3 Å². The van der Waals surface area contributed by atoms with Gasteiger partial charge < -0.3 is 5.32 Å². The average Bonchev–Trinajstić information content (AvgIpc) is 2.40. The summed E-state index contributed by atoms with van der Waals surface area (Å²) >= 11 is 1.68. The maximum absolute atomic E-state index is 8.92. The fourth-order valence-electron chi connectivity index (χ4n) is 1.33. The first kappa shape index (κ1) is 11.4. The van der Waals surface area contributed by atoms with Crippen molar-refractivity contribution in [3.05, 3.63) is 42.1 Å². The predicted octanol–water partition coefficient (Wildman–Crippen LogP) is 2.81. The molecule has 0 aliphatic carbocycles. The minimum atomic E-state index is 0.479. The highest BCUT2D eigenvalue weighted by molar-refractivity contribution is 7.98. The second-order valence-corrected chi connectivity index (χ2v) is 4.14. The zero-order valence-corrected chi connectivity index (χ0v) is 10.0. The summed E-state index contributed by atoms with van der Waals surface area (Å²) in [4.78, 5) is 1.19. The quantitative estimate of drug-likeness (QED) is 0.838. The molecule has 0 aliphatic heterocycles. The van der Waals surface area contributed by atoms with Crippen LogP contribution >= 0.6 is 11.8 Å². The Kier molecular flexibility index (Phi) is 3.58. The zero-order chi connectivity index (χ0) is 12.1. The fourth-order valence-corrected chi connectivity index (χ4v) is 1.73. The van der Waals surface area contributed by atoms with Gasteiger partial charge in [-0.1, -0.05) is 0 Å². The number of nitrogens with zero attached hydrogens (tertiary/aromatic N) is 3. The Morgan fingerprint density at radius 1 is 1.24 bits per heavy atom. The van der Waals surface area contributed by atoms with E-state index < -0.39 is 0 Å². The number of nitrogens with one attached hydrogen (secondary N) is 1. The van der Waals surface area contributed by atoms with Gasteiger partial charge in [0.05, 0.1) is 11.8 Å². The monoisotopic (exact) mass is 242 g/mol. The lowest BCUT2D eigenvalue weighted by molar-refractivity contribution is 1.03. The molecule has 84 valence electrons. The van der Waals surface area contributed by atoms with Crippen molar-refractivity contribution in [3.63, 3.8) is 0 Å². The molecule has 1 aromatic carbocycles. The van der Waals surface area contributed by atoms with E-state index >= 15 is 0 Å². The summed E-state index contributed by atoms with van der Waals surface area (Å²) in [6.07, 6.45) is 3.53. The summed E-state index contributed by atoms with van der Waals surface area (Å²) in [6, 6.07) is 11.6. The molecular formula is C12H10N4S. The smallest absolute Gasteiger partial charge is 0.171 e. The molecule has 2 aromatic rings. The number of hydrogen-bond acceptors (Lipinski definition) is 5. The van der Waals surface area contributed by atoms with Crippen molar-refractivity contribution in [3.8, 4) is 6.07 Å². The van der Waals surface area contributed by atoms with Gasteiger partial charge in [0.25, 0.3) is 0 Å². The van der Waals surface area contributed by atoms with Crippen LogP contribution in [0.5, 0.6) is 0 Å². The topological polar surface area (TPSA) is 61.6 Å². The van der Waals surface area contributed by atoms with Crippen LogP contribution in [0.1, 0.15) is 5.56 Å². The molecule has 17 heavy (non-hydrogen) atoms. The van der Waals surface area contributed by atoms with Crippen LogP contribution in [0.15, 0.2) is 41.4 Å². The van der Waals surface area contributed by atoms with Crippen LogP contribution in [0, 0.1) is 11.3 Å². The first-order valence-corrected chi connectivity index (χ1v) is 6.19. The van der Waals surface area contributed by atoms with Gasteiger partial charge in [0.15, 0.2) is 5.82 Å². The summed E-state index contributed by atoms with van der Waals surface area (Å²) in [5.74, 6) is 0.479. The van der Waals surface area contributed by atoms with Crippen LogP contribution in [0.2, 0.25) is 0 Å². The number of thioether (sulfide) groups is 1. The van der Waals surface area contributed by atoms with Crippen LogP contribution in [0.3, 0.4) is 0 Å². The van der Waals surface area contributed by atoms with E-state index in [9.17, 15) is 0 Å². The average molecular weight is 242 g/mol. The minimum Gasteiger partial charge on any atom is -0.338 e. The molecular weight excluding hydrogens is 232 g/mol. The Hall–Kier alpha value is -2.06. The Morgan fingerprint density at radius 3 is 2.65 bits per heavy atom. The van der Waals surface area contributed by atoms with Gasteiger partial charge >= 0.3 is 0 Å². The van der Waals surface area contributed by atoms with Gasteiger partial charge in [-0.3, -0.25) is 0 Å². The molecule has 1 aromatic heterocycles. The SMILES string of the molecule is CSc1ccc(Nc2nnccc2C#N)cc1. The Labute approximate surface area is 104 Å². The van der Waals surface area contributed by atoms with Crippen LogP contribution in [-0.4, -0.2) is 16.5 Å². The molecule has 0 saturated heterocycles. The number of aromatic nitrogens is 2. The summed E-state index contributed by atoms with van der Waals surface area (Å²) in [5.41, 5.74) is 1.37. The highest BCUT2D eigenvalue weighted by atomic mass is 32.2. The molecule has 0 saturated carbocycles. The summed E-state index contributed by atoms with van der Waals surface area (Å²) in [5, 5.41) is 19.6. The van der Waals surface area contributed by atoms with E-state index in [4.69, 9.17) is 5.26 Å². The van der Waals surface area contributed by atoms with Crippen LogP contribution in [0.4, 0.5) is 11.5 Å². The van der Waals surface area contributed by atoms with Crippen molar-refractivity contribution in [2.75, 3.05) is 11.6 Å². The highest BCUT2D eigenvalue weighted by Gasteiger charge is 2.03. The number of anilines is 2. The molecule has 0 atom stereocenters. The summed E-state index contributed by atoms with van der Waals surface area (Å²) in [7, 11) is 0. The van der Waals surface area contributed by atoms with E-state index in [2.05, 4.69) is 21.6 Å². The highest BCUT2D eigenvalue weighted by Crippen LogP contribution is 2.20. The van der Waals surface area contributed by atoms with Crippen LogP contribution < -0.4 is 5.32 Å². The van der Waals surface area contributed by atoms with E-state index in [1.807, 2.05) is 30.5 Å². The maximum atomic E-state index is 8.92. The third kappa shape index (κ3) is 2.74. The number of hydrogen-bond donors (Lipinski definition) is 1. The lowest BCUT2D eigenvalue weighted by Gasteiger charge is -2.06. The fraction of sp³-hybridized carbons (Fsp3) is 0.0833. The van der Waals surface area contributed by atoms with Gasteiger partial charge in [0.1, 0.15) is 6.07 Å². The first-order chi connectivity index (χ1) is 8.33. The molecule has 0 amide bonds. The van der Waals surface area contributed by atoms with Crippen molar-refractivity contribution in [2.24, 2.45) is 0 Å². The van der Waals surface area contributed by atoms with Crippen molar-refractivity contribution in [1.29, 1.82) is 5.26 Å². The van der Waals surface area contributed by atoms with E-state index in [0.717, 1.165) is 5.69 Å². The Morgan fingerprint density at radius 2 is 2.00 bits per heavy atom. The molecule has 0 bridgehead atoms. The molecule has 1 N–H and O–H groups in total. The van der Waals surface area contributed by atoms with Crippen molar-refractivity contribution in [2.45, 2.75) is 4.90 Å². The van der Waals surface area contributed by atoms with Crippen molar-refractivity contribution < 1.29 is 0 Å². The Bertz CT molecular complexity index is 545. The van der Waals surface area contributed by atoms with E-state index in [0.29, 0.717) is 11.4 Å². The van der Waals surface area contributed by atoms with E-state index in [1.165, 1.54) is 11.1 Å². The molecule has 5 heteroatoms.